The number of likely N-dealkylation sites (tertiary alicyclic amines) is 1. The zero-order valence-corrected chi connectivity index (χ0v) is 16.3. The van der Waals surface area contributed by atoms with Gasteiger partial charge < -0.3 is 20.9 Å². The maximum absolute atomic E-state index is 12.1. The number of carbonyl (C=O) groups excluding carboxylic acids is 1. The summed E-state index contributed by atoms with van der Waals surface area (Å²) in [6, 6.07) is 1.41. The summed E-state index contributed by atoms with van der Waals surface area (Å²) in [4.78, 5) is 19.2. The van der Waals surface area contributed by atoms with Crippen LogP contribution in [-0.2, 0) is 4.79 Å². The average Bonchev–Trinajstić information content (AvgIpc) is 2.61. The van der Waals surface area contributed by atoms with Crippen LogP contribution in [0.25, 0.3) is 0 Å². The van der Waals surface area contributed by atoms with Crippen LogP contribution >= 0.6 is 0 Å². The number of guanidine groups is 1. The molecule has 0 aromatic carbocycles. The fourth-order valence-corrected chi connectivity index (χ4v) is 3.74. The van der Waals surface area contributed by atoms with Crippen LogP contribution in [0.2, 0.25) is 0 Å². The number of rotatable bonds is 6. The van der Waals surface area contributed by atoms with Gasteiger partial charge in [-0.25, -0.2) is 4.99 Å². The van der Waals surface area contributed by atoms with Gasteiger partial charge >= 0.3 is 0 Å². The van der Waals surface area contributed by atoms with Gasteiger partial charge in [-0.05, 0) is 46.5 Å². The van der Waals surface area contributed by atoms with Crippen LogP contribution < -0.4 is 16.0 Å². The van der Waals surface area contributed by atoms with Gasteiger partial charge in [0.25, 0.3) is 0 Å². The Bertz CT molecular complexity index is 424. The van der Waals surface area contributed by atoms with E-state index in [9.17, 15) is 4.79 Å². The maximum Gasteiger partial charge on any atom is 0.242 e. The van der Waals surface area contributed by atoms with Gasteiger partial charge in [-0.3, -0.25) is 4.79 Å². The molecule has 0 unspecified atom stereocenters. The number of hydrogen-bond acceptors (Lipinski definition) is 3. The van der Waals surface area contributed by atoms with Gasteiger partial charge in [0, 0.05) is 37.8 Å². The van der Waals surface area contributed by atoms with Crippen molar-refractivity contribution in [2.24, 2.45) is 4.99 Å². The van der Waals surface area contributed by atoms with Crippen LogP contribution in [-0.4, -0.2) is 61.1 Å². The van der Waals surface area contributed by atoms with Crippen molar-refractivity contribution in [1.29, 1.82) is 0 Å². The zero-order valence-electron chi connectivity index (χ0n) is 16.3. The Hall–Kier alpha value is -1.30. The zero-order chi connectivity index (χ0) is 18.1. The quantitative estimate of drug-likeness (QED) is 0.505. The molecule has 6 heteroatoms. The van der Waals surface area contributed by atoms with Gasteiger partial charge in [0.2, 0.25) is 5.91 Å². The van der Waals surface area contributed by atoms with Crippen molar-refractivity contribution in [3.05, 3.63) is 0 Å². The van der Waals surface area contributed by atoms with E-state index in [2.05, 4.69) is 46.6 Å². The Balaban J connectivity index is 1.76. The molecule has 6 nitrogen and oxygen atoms in total. The van der Waals surface area contributed by atoms with Crippen LogP contribution in [0.15, 0.2) is 4.99 Å². The Kier molecular flexibility index (Phi) is 8.52. The van der Waals surface area contributed by atoms with E-state index in [4.69, 9.17) is 0 Å². The van der Waals surface area contributed by atoms with Gasteiger partial charge in [-0.1, -0.05) is 19.3 Å². The topological polar surface area (TPSA) is 68.8 Å². The van der Waals surface area contributed by atoms with E-state index in [1.807, 2.05) is 0 Å². The monoisotopic (exact) mass is 351 g/mol. The predicted octanol–water partition coefficient (Wildman–Crippen LogP) is 1.86. The summed E-state index contributed by atoms with van der Waals surface area (Å²) >= 11 is 0. The molecule has 3 N–H and O–H groups in total. The number of amides is 1. The minimum absolute atomic E-state index is 0.0405. The number of nitrogens with zero attached hydrogens (tertiary/aromatic N) is 2. The fraction of sp³-hybridized carbons (Fsp3) is 0.895. The highest BCUT2D eigenvalue weighted by atomic mass is 16.1. The van der Waals surface area contributed by atoms with E-state index >= 15 is 0 Å². The summed E-state index contributed by atoms with van der Waals surface area (Å²) in [5.74, 6) is 0.808. The third kappa shape index (κ3) is 7.22. The van der Waals surface area contributed by atoms with E-state index in [0.717, 1.165) is 51.3 Å². The number of carbonyl (C=O) groups is 1. The summed E-state index contributed by atoms with van der Waals surface area (Å²) in [7, 11) is 0. The molecule has 2 rings (SSSR count). The highest BCUT2D eigenvalue weighted by Gasteiger charge is 2.21. The van der Waals surface area contributed by atoms with Crippen LogP contribution in [0.1, 0.15) is 65.7 Å². The van der Waals surface area contributed by atoms with Crippen molar-refractivity contribution in [3.63, 3.8) is 0 Å². The lowest BCUT2D eigenvalue weighted by Crippen LogP contribution is -2.50. The molecule has 1 amide bonds. The first kappa shape index (κ1) is 20.0. The summed E-state index contributed by atoms with van der Waals surface area (Å²) in [5.41, 5.74) is 0. The fourth-order valence-electron chi connectivity index (χ4n) is 3.74. The number of nitrogens with one attached hydrogen (secondary N) is 3. The summed E-state index contributed by atoms with van der Waals surface area (Å²) in [6.07, 6.45) is 8.23. The maximum atomic E-state index is 12.1. The molecule has 1 saturated heterocycles. The van der Waals surface area contributed by atoms with Crippen LogP contribution in [0.4, 0.5) is 0 Å². The normalized spacial score (nSPS) is 21.4. The largest absolute Gasteiger partial charge is 0.357 e. The lowest BCUT2D eigenvalue weighted by molar-refractivity contribution is -0.120. The molecule has 0 radical (unpaired) electrons. The SMILES string of the molecule is CCNC(=NCC(=O)NC1CCCCC1)NC1CCN(C(C)C)CC1. The summed E-state index contributed by atoms with van der Waals surface area (Å²) in [6.45, 7) is 9.82. The van der Waals surface area contributed by atoms with Crippen molar-refractivity contribution >= 4 is 11.9 Å². The first-order valence-corrected chi connectivity index (χ1v) is 10.2. The van der Waals surface area contributed by atoms with Crippen LogP contribution in [0, 0.1) is 0 Å². The lowest BCUT2D eigenvalue weighted by Gasteiger charge is -2.35. The van der Waals surface area contributed by atoms with E-state index in [1.54, 1.807) is 0 Å². The molecule has 0 aromatic rings. The molecule has 2 aliphatic rings. The van der Waals surface area contributed by atoms with E-state index < -0.39 is 0 Å². The first-order chi connectivity index (χ1) is 12.1. The Morgan fingerprint density at radius 1 is 1.04 bits per heavy atom. The van der Waals surface area contributed by atoms with E-state index in [1.165, 1.54) is 19.3 Å². The molecule has 1 heterocycles. The minimum atomic E-state index is 0.0405. The molecular weight excluding hydrogens is 314 g/mol. The Labute approximate surface area is 153 Å². The van der Waals surface area contributed by atoms with Crippen molar-refractivity contribution in [2.45, 2.75) is 83.8 Å². The van der Waals surface area contributed by atoms with Crippen LogP contribution in [0.5, 0.6) is 0 Å². The molecule has 0 atom stereocenters. The third-order valence-corrected chi connectivity index (χ3v) is 5.30. The average molecular weight is 352 g/mol. The highest BCUT2D eigenvalue weighted by molar-refractivity contribution is 5.85. The van der Waals surface area contributed by atoms with Crippen molar-refractivity contribution in [2.75, 3.05) is 26.2 Å². The molecule has 1 aliphatic heterocycles. The molecule has 1 saturated carbocycles. The third-order valence-electron chi connectivity index (χ3n) is 5.30. The number of piperidine rings is 1. The molecule has 0 bridgehead atoms. The molecule has 144 valence electrons. The molecule has 0 spiro atoms. The van der Waals surface area contributed by atoms with E-state index in [-0.39, 0.29) is 12.5 Å². The molecule has 2 fully saturated rings. The Morgan fingerprint density at radius 3 is 2.28 bits per heavy atom. The second-order valence-corrected chi connectivity index (χ2v) is 7.65. The number of aliphatic imine (C=N–C) groups is 1. The van der Waals surface area contributed by atoms with Gasteiger partial charge in [-0.2, -0.15) is 0 Å². The smallest absolute Gasteiger partial charge is 0.242 e. The van der Waals surface area contributed by atoms with Crippen molar-refractivity contribution in [1.82, 2.24) is 20.9 Å². The number of hydrogen-bond donors (Lipinski definition) is 3. The minimum Gasteiger partial charge on any atom is -0.357 e. The van der Waals surface area contributed by atoms with Gasteiger partial charge in [-0.15, -0.1) is 0 Å². The molecule has 0 aromatic heterocycles. The molecule has 25 heavy (non-hydrogen) atoms. The first-order valence-electron chi connectivity index (χ1n) is 10.2. The predicted molar refractivity (Wildman–Crippen MR) is 104 cm³/mol. The molecule has 1 aliphatic carbocycles. The second kappa shape index (κ2) is 10.6. The van der Waals surface area contributed by atoms with Crippen molar-refractivity contribution < 1.29 is 4.79 Å². The lowest BCUT2D eigenvalue weighted by atomic mass is 9.95. The second-order valence-electron chi connectivity index (χ2n) is 7.65. The van der Waals surface area contributed by atoms with Gasteiger partial charge in [0.05, 0.1) is 0 Å². The van der Waals surface area contributed by atoms with Gasteiger partial charge in [0.1, 0.15) is 6.54 Å². The highest BCUT2D eigenvalue weighted by Crippen LogP contribution is 2.17. The van der Waals surface area contributed by atoms with Crippen LogP contribution in [0.3, 0.4) is 0 Å². The van der Waals surface area contributed by atoms with E-state index in [0.29, 0.717) is 18.1 Å². The van der Waals surface area contributed by atoms with Crippen molar-refractivity contribution in [3.8, 4) is 0 Å². The Morgan fingerprint density at radius 2 is 1.68 bits per heavy atom. The van der Waals surface area contributed by atoms with Gasteiger partial charge in [0.15, 0.2) is 5.96 Å². The molecular formula is C19H37N5O. The summed E-state index contributed by atoms with van der Waals surface area (Å²) < 4.78 is 0. The summed E-state index contributed by atoms with van der Waals surface area (Å²) in [5, 5.41) is 9.91. The standard InChI is InChI=1S/C19H37N5O/c1-4-20-19(23-17-10-12-24(13-11-17)15(2)3)21-14-18(25)22-16-8-6-5-7-9-16/h15-17H,4-14H2,1-3H3,(H,22,25)(H2,20,21,23).